The molecular formula is C23H26N2O3. The maximum absolute atomic E-state index is 13.3. The first-order valence-corrected chi connectivity index (χ1v) is 10.2. The van der Waals surface area contributed by atoms with Crippen molar-refractivity contribution in [1.29, 1.82) is 0 Å². The minimum absolute atomic E-state index is 0.148. The fourth-order valence-corrected chi connectivity index (χ4v) is 4.20. The standard InChI is InChI=1S/C23H26N2O3/c1-2-28-23(27)19-15-25(20-14-8-10-16-9-6-7-13-18(16)20)22(26)21(19)24-17-11-4-3-5-12-17/h6-10,13-14,17,24H,2-5,11-12,15H2,1H3. The number of anilines is 1. The normalized spacial score (nSPS) is 18.0. The van der Waals surface area contributed by atoms with Gasteiger partial charge in [0.05, 0.1) is 24.4 Å². The molecule has 0 atom stereocenters. The Morgan fingerprint density at radius 1 is 1.11 bits per heavy atom. The van der Waals surface area contributed by atoms with Crippen LogP contribution in [0.2, 0.25) is 0 Å². The molecule has 1 fully saturated rings. The topological polar surface area (TPSA) is 58.6 Å². The van der Waals surface area contributed by atoms with Crippen LogP contribution in [0.15, 0.2) is 53.7 Å². The quantitative estimate of drug-likeness (QED) is 0.801. The van der Waals surface area contributed by atoms with Gasteiger partial charge in [0.25, 0.3) is 5.91 Å². The average Bonchev–Trinajstić information content (AvgIpc) is 3.05. The number of carbonyl (C=O) groups excluding carboxylic acids is 2. The number of rotatable bonds is 5. The van der Waals surface area contributed by atoms with Gasteiger partial charge in [0.2, 0.25) is 0 Å². The van der Waals surface area contributed by atoms with Crippen LogP contribution >= 0.6 is 0 Å². The largest absolute Gasteiger partial charge is 0.463 e. The van der Waals surface area contributed by atoms with Crippen molar-refractivity contribution in [3.05, 3.63) is 53.7 Å². The number of carbonyl (C=O) groups is 2. The van der Waals surface area contributed by atoms with Crippen LogP contribution in [-0.4, -0.2) is 31.1 Å². The molecule has 5 nitrogen and oxygen atoms in total. The number of ether oxygens (including phenoxy) is 1. The molecule has 146 valence electrons. The van der Waals surface area contributed by atoms with Crippen LogP contribution in [0, 0.1) is 0 Å². The average molecular weight is 378 g/mol. The van der Waals surface area contributed by atoms with Crippen LogP contribution in [0.1, 0.15) is 39.0 Å². The van der Waals surface area contributed by atoms with E-state index in [1.807, 2.05) is 42.5 Å². The molecule has 1 N–H and O–H groups in total. The van der Waals surface area contributed by atoms with E-state index in [-0.39, 0.29) is 18.5 Å². The molecule has 1 amide bonds. The third-order valence-electron chi connectivity index (χ3n) is 5.61. The van der Waals surface area contributed by atoms with Gasteiger partial charge < -0.3 is 15.0 Å². The molecule has 0 aromatic heterocycles. The molecule has 0 spiro atoms. The van der Waals surface area contributed by atoms with Gasteiger partial charge in [-0.15, -0.1) is 0 Å². The van der Waals surface area contributed by atoms with Gasteiger partial charge in [-0.3, -0.25) is 4.79 Å². The maximum Gasteiger partial charge on any atom is 0.338 e. The van der Waals surface area contributed by atoms with Gasteiger partial charge in [-0.25, -0.2) is 4.79 Å². The van der Waals surface area contributed by atoms with Gasteiger partial charge in [0.15, 0.2) is 0 Å². The fourth-order valence-electron chi connectivity index (χ4n) is 4.20. The number of esters is 1. The predicted molar refractivity (Wildman–Crippen MR) is 110 cm³/mol. The third-order valence-corrected chi connectivity index (χ3v) is 5.61. The van der Waals surface area contributed by atoms with Crippen molar-refractivity contribution in [2.75, 3.05) is 18.1 Å². The van der Waals surface area contributed by atoms with Gasteiger partial charge in [0, 0.05) is 11.4 Å². The molecule has 1 saturated carbocycles. The fraction of sp³-hybridized carbons (Fsp3) is 0.391. The summed E-state index contributed by atoms with van der Waals surface area (Å²) in [6, 6.07) is 14.1. The molecule has 1 heterocycles. The molecule has 4 rings (SSSR count). The zero-order chi connectivity index (χ0) is 19.5. The van der Waals surface area contributed by atoms with Crippen LogP contribution in [0.4, 0.5) is 5.69 Å². The van der Waals surface area contributed by atoms with Gasteiger partial charge in [-0.1, -0.05) is 55.7 Å². The monoisotopic (exact) mass is 378 g/mol. The highest BCUT2D eigenvalue weighted by molar-refractivity contribution is 6.17. The second kappa shape index (κ2) is 8.05. The van der Waals surface area contributed by atoms with Crippen molar-refractivity contribution < 1.29 is 14.3 Å². The highest BCUT2D eigenvalue weighted by Crippen LogP contribution is 2.32. The van der Waals surface area contributed by atoms with Crippen LogP contribution in [-0.2, 0) is 14.3 Å². The summed E-state index contributed by atoms with van der Waals surface area (Å²) in [4.78, 5) is 27.6. The van der Waals surface area contributed by atoms with Crippen LogP contribution < -0.4 is 10.2 Å². The van der Waals surface area contributed by atoms with Gasteiger partial charge in [-0.05, 0) is 31.2 Å². The molecule has 1 aliphatic heterocycles. The molecule has 1 aliphatic carbocycles. The Labute approximate surface area is 165 Å². The van der Waals surface area contributed by atoms with Crippen molar-refractivity contribution in [3.63, 3.8) is 0 Å². The molecule has 28 heavy (non-hydrogen) atoms. The van der Waals surface area contributed by atoms with E-state index in [1.54, 1.807) is 11.8 Å². The van der Waals surface area contributed by atoms with Crippen molar-refractivity contribution in [2.24, 2.45) is 0 Å². The van der Waals surface area contributed by atoms with E-state index in [0.717, 1.165) is 42.1 Å². The molecule has 0 radical (unpaired) electrons. The van der Waals surface area contributed by atoms with Crippen molar-refractivity contribution in [2.45, 2.75) is 45.1 Å². The zero-order valence-electron chi connectivity index (χ0n) is 16.2. The third kappa shape index (κ3) is 3.49. The van der Waals surface area contributed by atoms with Crippen molar-refractivity contribution >= 4 is 28.3 Å². The van der Waals surface area contributed by atoms with Crippen LogP contribution in [0.5, 0.6) is 0 Å². The summed E-state index contributed by atoms with van der Waals surface area (Å²) in [5, 5.41) is 5.46. The second-order valence-electron chi connectivity index (χ2n) is 7.44. The number of nitrogens with one attached hydrogen (secondary N) is 1. The molecule has 0 saturated heterocycles. The van der Waals surface area contributed by atoms with Crippen LogP contribution in [0.3, 0.4) is 0 Å². The first-order chi connectivity index (χ1) is 13.7. The highest BCUT2D eigenvalue weighted by Gasteiger charge is 2.37. The lowest BCUT2D eigenvalue weighted by atomic mass is 9.95. The van der Waals surface area contributed by atoms with Crippen molar-refractivity contribution in [3.8, 4) is 0 Å². The number of nitrogens with zero attached hydrogens (tertiary/aromatic N) is 1. The summed E-state index contributed by atoms with van der Waals surface area (Å²) in [6.45, 7) is 2.31. The summed E-state index contributed by atoms with van der Waals surface area (Å²) in [7, 11) is 0. The Morgan fingerprint density at radius 2 is 1.86 bits per heavy atom. The number of fused-ring (bicyclic) bond motifs is 1. The minimum atomic E-state index is -0.406. The summed E-state index contributed by atoms with van der Waals surface area (Å²) in [5.41, 5.74) is 1.67. The minimum Gasteiger partial charge on any atom is -0.463 e. The molecule has 5 heteroatoms. The van der Waals surface area contributed by atoms with E-state index >= 15 is 0 Å². The van der Waals surface area contributed by atoms with Gasteiger partial charge >= 0.3 is 5.97 Å². The highest BCUT2D eigenvalue weighted by atomic mass is 16.5. The van der Waals surface area contributed by atoms with Gasteiger partial charge in [0.1, 0.15) is 5.70 Å². The first-order valence-electron chi connectivity index (χ1n) is 10.2. The smallest absolute Gasteiger partial charge is 0.338 e. The van der Waals surface area contributed by atoms with E-state index in [4.69, 9.17) is 4.74 Å². The number of hydrogen-bond donors (Lipinski definition) is 1. The lowest BCUT2D eigenvalue weighted by Gasteiger charge is -2.25. The Morgan fingerprint density at radius 3 is 2.64 bits per heavy atom. The van der Waals surface area contributed by atoms with E-state index in [9.17, 15) is 9.59 Å². The molecule has 0 bridgehead atoms. The first kappa shape index (κ1) is 18.5. The molecule has 2 aromatic carbocycles. The second-order valence-corrected chi connectivity index (χ2v) is 7.44. The predicted octanol–water partition coefficient (Wildman–Crippen LogP) is 3.93. The van der Waals surface area contributed by atoms with Crippen molar-refractivity contribution in [1.82, 2.24) is 5.32 Å². The molecule has 0 unspecified atom stereocenters. The SMILES string of the molecule is CCOC(=O)C1=C(NC2CCCCC2)C(=O)N(c2cccc3ccccc23)C1. The van der Waals surface area contributed by atoms with Gasteiger partial charge in [-0.2, -0.15) is 0 Å². The lowest BCUT2D eigenvalue weighted by Crippen LogP contribution is -2.36. The Kier molecular flexibility index (Phi) is 5.33. The van der Waals surface area contributed by atoms with E-state index in [1.165, 1.54) is 6.42 Å². The number of hydrogen-bond acceptors (Lipinski definition) is 4. The van der Waals surface area contributed by atoms with Crippen LogP contribution in [0.25, 0.3) is 10.8 Å². The molecular weight excluding hydrogens is 352 g/mol. The summed E-state index contributed by atoms with van der Waals surface area (Å²) < 4.78 is 5.25. The summed E-state index contributed by atoms with van der Waals surface area (Å²) in [6.07, 6.45) is 5.60. The summed E-state index contributed by atoms with van der Waals surface area (Å²) >= 11 is 0. The summed E-state index contributed by atoms with van der Waals surface area (Å²) in [5.74, 6) is -0.554. The number of amides is 1. The Hall–Kier alpha value is -2.82. The number of benzene rings is 2. The lowest BCUT2D eigenvalue weighted by molar-refractivity contribution is -0.138. The Bertz CT molecular complexity index is 923. The van der Waals surface area contributed by atoms with E-state index in [0.29, 0.717) is 17.9 Å². The zero-order valence-corrected chi connectivity index (χ0v) is 16.2. The maximum atomic E-state index is 13.3. The van der Waals surface area contributed by atoms with E-state index < -0.39 is 5.97 Å². The Balaban J connectivity index is 1.68. The molecule has 2 aliphatic rings. The van der Waals surface area contributed by atoms with E-state index in [2.05, 4.69) is 5.32 Å². The molecule has 2 aromatic rings.